The van der Waals surface area contributed by atoms with E-state index in [0.717, 1.165) is 32.1 Å². The molecule has 0 saturated carbocycles. The molecule has 1 aliphatic rings. The van der Waals surface area contributed by atoms with Gasteiger partial charge in [-0.2, -0.15) is 0 Å². The van der Waals surface area contributed by atoms with Crippen LogP contribution in [-0.2, 0) is 11.3 Å². The molecule has 0 saturated heterocycles. The van der Waals surface area contributed by atoms with E-state index >= 15 is 0 Å². The van der Waals surface area contributed by atoms with Crippen LogP contribution in [0.5, 0.6) is 0 Å². The lowest BCUT2D eigenvalue weighted by Crippen LogP contribution is -2.40. The van der Waals surface area contributed by atoms with Gasteiger partial charge in [-0.3, -0.25) is 9.88 Å². The first-order valence-corrected chi connectivity index (χ1v) is 12.8. The van der Waals surface area contributed by atoms with Crippen molar-refractivity contribution in [2.75, 3.05) is 31.5 Å². The molecule has 0 amide bonds. The number of ether oxygens (including phenoxy) is 1. The van der Waals surface area contributed by atoms with Crippen molar-refractivity contribution in [2.24, 2.45) is 0 Å². The van der Waals surface area contributed by atoms with Gasteiger partial charge >= 0.3 is 0 Å². The second-order valence-electron chi connectivity index (χ2n) is 7.89. The Balaban J connectivity index is 1.65. The molecule has 2 aromatic heterocycles. The number of fused-ring (bicyclic) bond motifs is 1. The molecule has 5 nitrogen and oxygen atoms in total. The van der Waals surface area contributed by atoms with Crippen LogP contribution in [0.25, 0.3) is 10.9 Å². The maximum absolute atomic E-state index is 5.92. The number of pyridine rings is 1. The van der Waals surface area contributed by atoms with Crippen LogP contribution in [0.4, 0.5) is 5.69 Å². The van der Waals surface area contributed by atoms with Gasteiger partial charge in [-0.1, -0.05) is 25.7 Å². The lowest BCUT2D eigenvalue weighted by atomic mass is 10.2. The molecule has 0 bridgehead atoms. The molecule has 0 fully saturated rings. The Labute approximate surface area is 151 Å². The van der Waals surface area contributed by atoms with Gasteiger partial charge in [0.2, 0.25) is 0 Å². The van der Waals surface area contributed by atoms with Crippen LogP contribution in [0.1, 0.15) is 6.92 Å². The van der Waals surface area contributed by atoms with E-state index in [0.29, 0.717) is 6.73 Å². The van der Waals surface area contributed by atoms with E-state index in [4.69, 9.17) is 4.74 Å². The molecule has 3 rings (SSSR count). The summed E-state index contributed by atoms with van der Waals surface area (Å²) in [6.07, 6.45) is 10.4. The Kier molecular flexibility index (Phi) is 5.61. The molecule has 1 aliphatic heterocycles. The Hall–Kier alpha value is -1.63. The van der Waals surface area contributed by atoms with Crippen molar-refractivity contribution in [2.45, 2.75) is 39.2 Å². The van der Waals surface area contributed by atoms with Crippen LogP contribution in [0.15, 0.2) is 36.9 Å². The zero-order valence-corrected chi connectivity index (χ0v) is 16.9. The first kappa shape index (κ1) is 18.2. The first-order valence-electron chi connectivity index (χ1n) is 9.14. The highest BCUT2D eigenvalue weighted by atomic mass is 28.3. The van der Waals surface area contributed by atoms with E-state index in [-0.39, 0.29) is 0 Å². The Morgan fingerprint density at radius 2 is 2.08 bits per heavy atom. The van der Waals surface area contributed by atoms with Gasteiger partial charge in [-0.25, -0.2) is 0 Å². The molecule has 6 heteroatoms. The fourth-order valence-electron chi connectivity index (χ4n) is 3.06. The lowest BCUT2D eigenvalue weighted by Gasteiger charge is -2.32. The minimum atomic E-state index is -1.02. The molecule has 3 heterocycles. The summed E-state index contributed by atoms with van der Waals surface area (Å²) in [7, 11) is -1.02. The summed E-state index contributed by atoms with van der Waals surface area (Å²) in [5.41, 5.74) is 2.35. The number of nitrogens with zero attached hydrogens (tertiary/aromatic N) is 4. The minimum Gasteiger partial charge on any atom is -0.366 e. The van der Waals surface area contributed by atoms with E-state index in [1.807, 2.05) is 12.4 Å². The Morgan fingerprint density at radius 1 is 1.24 bits per heavy atom. The molecule has 25 heavy (non-hydrogen) atoms. The van der Waals surface area contributed by atoms with Gasteiger partial charge in [-0.15, -0.1) is 0 Å². The molecule has 0 radical (unpaired) electrons. The number of rotatable bonds is 7. The molecular weight excluding hydrogens is 328 g/mol. The summed E-state index contributed by atoms with van der Waals surface area (Å²) >= 11 is 0. The second kappa shape index (κ2) is 7.72. The number of anilines is 1. The first-order chi connectivity index (χ1) is 12.0. The number of aromatic nitrogens is 2. The molecule has 0 unspecified atom stereocenters. The van der Waals surface area contributed by atoms with Gasteiger partial charge in [0.25, 0.3) is 0 Å². The van der Waals surface area contributed by atoms with Crippen LogP contribution in [0.3, 0.4) is 0 Å². The van der Waals surface area contributed by atoms with Gasteiger partial charge < -0.3 is 14.2 Å². The minimum absolute atomic E-state index is 0.685. The topological polar surface area (TPSA) is 33.5 Å². The predicted octanol–water partition coefficient (Wildman–Crippen LogP) is 3.96. The van der Waals surface area contributed by atoms with Gasteiger partial charge in [-0.05, 0) is 19.0 Å². The molecule has 0 atom stereocenters. The van der Waals surface area contributed by atoms with Gasteiger partial charge in [0.05, 0.1) is 30.3 Å². The van der Waals surface area contributed by atoms with Crippen LogP contribution in [0, 0.1) is 0 Å². The van der Waals surface area contributed by atoms with E-state index in [1.165, 1.54) is 16.9 Å². The Morgan fingerprint density at radius 3 is 2.84 bits per heavy atom. The summed E-state index contributed by atoms with van der Waals surface area (Å²) in [6, 6.07) is 3.40. The zero-order chi connectivity index (χ0) is 17.9. The molecule has 0 N–H and O–H groups in total. The summed E-state index contributed by atoms with van der Waals surface area (Å²) in [6.45, 7) is 13.6. The van der Waals surface area contributed by atoms with Crippen LogP contribution in [-0.4, -0.2) is 49.1 Å². The van der Waals surface area contributed by atoms with E-state index < -0.39 is 8.07 Å². The summed E-state index contributed by atoms with van der Waals surface area (Å²) in [5.74, 6) is 0. The number of aryl methyl sites for hydroxylation is 1. The smallest absolute Gasteiger partial charge is 0.101 e. The van der Waals surface area contributed by atoms with Gasteiger partial charge in [0.1, 0.15) is 6.73 Å². The largest absolute Gasteiger partial charge is 0.366 e. The van der Waals surface area contributed by atoms with Crippen molar-refractivity contribution in [1.82, 2.24) is 14.5 Å². The zero-order valence-electron chi connectivity index (χ0n) is 15.9. The SMILES string of the molecule is CCn1ccc2c(N3C=CCN(COCC[Si](C)(C)C)C3)cncc21. The van der Waals surface area contributed by atoms with E-state index in [2.05, 4.69) is 70.5 Å². The average molecular weight is 359 g/mol. The normalized spacial score (nSPS) is 16.1. The summed E-state index contributed by atoms with van der Waals surface area (Å²) in [4.78, 5) is 9.04. The summed E-state index contributed by atoms with van der Waals surface area (Å²) < 4.78 is 8.16. The third-order valence-electron chi connectivity index (χ3n) is 4.60. The molecule has 2 aromatic rings. The fourth-order valence-corrected chi connectivity index (χ4v) is 3.82. The molecule has 0 spiro atoms. The standard InChI is InChI=1S/C19H30N4OSi/c1-5-22-10-7-17-18(22)13-20-14-19(17)23-9-6-8-21(15-23)16-24-11-12-25(2,3)4/h6-7,9-10,13-14H,5,8,11-12,15-16H2,1-4H3. The maximum Gasteiger partial charge on any atom is 0.101 e. The summed E-state index contributed by atoms with van der Waals surface area (Å²) in [5, 5.41) is 1.25. The van der Waals surface area contributed by atoms with Crippen molar-refractivity contribution in [3.05, 3.63) is 36.9 Å². The van der Waals surface area contributed by atoms with Crippen molar-refractivity contribution in [3.63, 3.8) is 0 Å². The quantitative estimate of drug-likeness (QED) is 0.554. The maximum atomic E-state index is 5.92. The van der Waals surface area contributed by atoms with E-state index in [9.17, 15) is 0 Å². The van der Waals surface area contributed by atoms with Gasteiger partial charge in [0, 0.05) is 45.6 Å². The van der Waals surface area contributed by atoms with Gasteiger partial charge in [0.15, 0.2) is 0 Å². The number of hydrogen-bond donors (Lipinski definition) is 0. The molecule has 136 valence electrons. The monoisotopic (exact) mass is 358 g/mol. The van der Waals surface area contributed by atoms with Crippen molar-refractivity contribution in [3.8, 4) is 0 Å². The molecular formula is C19H30N4OSi. The third-order valence-corrected chi connectivity index (χ3v) is 6.30. The second-order valence-corrected chi connectivity index (χ2v) is 13.5. The highest BCUT2D eigenvalue weighted by Gasteiger charge is 2.18. The fraction of sp³-hybridized carbons (Fsp3) is 0.526. The van der Waals surface area contributed by atoms with E-state index in [1.54, 1.807) is 0 Å². The van der Waals surface area contributed by atoms with Crippen molar-refractivity contribution < 1.29 is 4.74 Å². The predicted molar refractivity (Wildman–Crippen MR) is 108 cm³/mol. The van der Waals surface area contributed by atoms with Crippen LogP contribution >= 0.6 is 0 Å². The molecule has 0 aliphatic carbocycles. The van der Waals surface area contributed by atoms with Crippen molar-refractivity contribution >= 4 is 24.7 Å². The lowest BCUT2D eigenvalue weighted by molar-refractivity contribution is 0.0411. The average Bonchev–Trinajstić information content (AvgIpc) is 3.01. The van der Waals surface area contributed by atoms with Crippen LogP contribution < -0.4 is 4.90 Å². The highest BCUT2D eigenvalue weighted by Crippen LogP contribution is 2.28. The number of hydrogen-bond acceptors (Lipinski definition) is 4. The van der Waals surface area contributed by atoms with Crippen molar-refractivity contribution in [1.29, 1.82) is 0 Å². The molecule has 0 aromatic carbocycles. The Bertz CT molecular complexity index is 735. The highest BCUT2D eigenvalue weighted by molar-refractivity contribution is 6.76. The van der Waals surface area contributed by atoms with Crippen LogP contribution in [0.2, 0.25) is 25.7 Å². The third kappa shape index (κ3) is 4.51.